The molecule has 0 N–H and O–H groups in total. The maximum absolute atomic E-state index is 12.4. The van der Waals surface area contributed by atoms with Crippen molar-refractivity contribution in [3.63, 3.8) is 0 Å². The second kappa shape index (κ2) is 7.77. The predicted octanol–water partition coefficient (Wildman–Crippen LogP) is 3.67. The van der Waals surface area contributed by atoms with Crippen LogP contribution < -0.4 is 0 Å². The van der Waals surface area contributed by atoms with Gasteiger partial charge in [-0.2, -0.15) is 0 Å². The molecule has 5 heteroatoms. The van der Waals surface area contributed by atoms with Gasteiger partial charge in [0.15, 0.2) is 15.6 Å². The van der Waals surface area contributed by atoms with Gasteiger partial charge in [0.05, 0.1) is 23.9 Å². The minimum absolute atomic E-state index is 0.163. The standard InChI is InChI=1S/C18H28O4S/c1-15(2)13-18(21-10-11-22-18)14-16(3)9-12-23(19,20)17-7-5-4-6-8-17/h4-8,15-16H,9-14H2,1-3H3/t16-/m0/s1. The lowest BCUT2D eigenvalue weighted by atomic mass is 9.92. The summed E-state index contributed by atoms with van der Waals surface area (Å²) in [6.45, 7) is 7.63. The zero-order valence-corrected chi connectivity index (χ0v) is 15.1. The van der Waals surface area contributed by atoms with Gasteiger partial charge in [0.1, 0.15) is 0 Å². The molecule has 130 valence electrons. The molecule has 0 spiro atoms. The van der Waals surface area contributed by atoms with E-state index >= 15 is 0 Å². The molecule has 1 aromatic rings. The Hall–Kier alpha value is -0.910. The number of hydrogen-bond acceptors (Lipinski definition) is 4. The Bertz CT molecular complexity index is 574. The van der Waals surface area contributed by atoms with Gasteiger partial charge in [0, 0.05) is 12.8 Å². The van der Waals surface area contributed by atoms with Crippen molar-refractivity contribution in [2.75, 3.05) is 19.0 Å². The summed E-state index contributed by atoms with van der Waals surface area (Å²) in [6, 6.07) is 8.65. The number of benzene rings is 1. The maximum Gasteiger partial charge on any atom is 0.178 e. The van der Waals surface area contributed by atoms with E-state index in [4.69, 9.17) is 9.47 Å². The highest BCUT2D eigenvalue weighted by Crippen LogP contribution is 2.34. The predicted molar refractivity (Wildman–Crippen MR) is 91.0 cm³/mol. The summed E-state index contributed by atoms with van der Waals surface area (Å²) in [6.07, 6.45) is 2.21. The van der Waals surface area contributed by atoms with Crippen molar-refractivity contribution in [2.45, 2.75) is 50.7 Å². The lowest BCUT2D eigenvalue weighted by molar-refractivity contribution is -0.179. The van der Waals surface area contributed by atoms with Crippen molar-refractivity contribution in [1.29, 1.82) is 0 Å². The van der Waals surface area contributed by atoms with Crippen LogP contribution >= 0.6 is 0 Å². The number of hydrogen-bond donors (Lipinski definition) is 0. The van der Waals surface area contributed by atoms with Crippen molar-refractivity contribution < 1.29 is 17.9 Å². The van der Waals surface area contributed by atoms with Crippen molar-refractivity contribution in [1.82, 2.24) is 0 Å². The Morgan fingerprint density at radius 2 is 1.65 bits per heavy atom. The van der Waals surface area contributed by atoms with E-state index in [0.717, 1.165) is 12.8 Å². The highest BCUT2D eigenvalue weighted by atomic mass is 32.2. The quantitative estimate of drug-likeness (QED) is 0.724. The van der Waals surface area contributed by atoms with Crippen LogP contribution in [0.5, 0.6) is 0 Å². The second-order valence-corrected chi connectivity index (χ2v) is 9.04. The fraction of sp³-hybridized carbons (Fsp3) is 0.667. The lowest BCUT2D eigenvalue weighted by Crippen LogP contribution is -2.34. The van der Waals surface area contributed by atoms with Gasteiger partial charge in [-0.3, -0.25) is 0 Å². The van der Waals surface area contributed by atoms with E-state index in [1.165, 1.54) is 0 Å². The minimum atomic E-state index is -3.21. The molecule has 1 aliphatic rings. The van der Waals surface area contributed by atoms with Crippen LogP contribution in [-0.4, -0.2) is 33.2 Å². The first kappa shape index (κ1) is 18.4. The largest absolute Gasteiger partial charge is 0.348 e. The summed E-state index contributed by atoms with van der Waals surface area (Å²) in [7, 11) is -3.21. The highest BCUT2D eigenvalue weighted by Gasteiger charge is 2.38. The molecule has 1 fully saturated rings. The highest BCUT2D eigenvalue weighted by molar-refractivity contribution is 7.91. The monoisotopic (exact) mass is 340 g/mol. The van der Waals surface area contributed by atoms with Gasteiger partial charge in [-0.1, -0.05) is 39.0 Å². The van der Waals surface area contributed by atoms with Crippen molar-refractivity contribution in [3.8, 4) is 0 Å². The minimum Gasteiger partial charge on any atom is -0.348 e. The van der Waals surface area contributed by atoms with E-state index in [2.05, 4.69) is 20.8 Å². The summed E-state index contributed by atoms with van der Waals surface area (Å²) in [4.78, 5) is 0.400. The van der Waals surface area contributed by atoms with Crippen LogP contribution in [0.15, 0.2) is 35.2 Å². The molecule has 0 aliphatic carbocycles. The summed E-state index contributed by atoms with van der Waals surface area (Å²) < 4.78 is 36.5. The molecule has 0 amide bonds. The zero-order valence-electron chi connectivity index (χ0n) is 14.3. The van der Waals surface area contributed by atoms with Crippen LogP contribution in [0.25, 0.3) is 0 Å². The molecule has 0 radical (unpaired) electrons. The molecule has 1 atom stereocenters. The van der Waals surface area contributed by atoms with E-state index in [0.29, 0.717) is 30.4 Å². The smallest absolute Gasteiger partial charge is 0.178 e. The third-order valence-corrected chi connectivity index (χ3v) is 5.94. The third kappa shape index (κ3) is 5.30. The topological polar surface area (TPSA) is 52.6 Å². The fourth-order valence-electron chi connectivity index (χ4n) is 3.17. The molecule has 0 saturated carbocycles. The number of ether oxygens (including phenoxy) is 2. The SMILES string of the molecule is CC(C)CC1(C[C@@H](C)CCS(=O)(=O)c2ccccc2)OCCO1. The van der Waals surface area contributed by atoms with E-state index in [-0.39, 0.29) is 11.7 Å². The average Bonchev–Trinajstić information content (AvgIpc) is 2.93. The Balaban J connectivity index is 1.93. The molecule has 1 heterocycles. The van der Waals surface area contributed by atoms with E-state index < -0.39 is 15.6 Å². The lowest BCUT2D eigenvalue weighted by Gasteiger charge is -2.31. The summed E-state index contributed by atoms with van der Waals surface area (Å²) in [5, 5.41) is 0. The van der Waals surface area contributed by atoms with Crippen molar-refractivity contribution >= 4 is 9.84 Å². The van der Waals surface area contributed by atoms with Crippen LogP contribution in [0.1, 0.15) is 40.0 Å². The molecule has 1 aliphatic heterocycles. The van der Waals surface area contributed by atoms with Crippen LogP contribution in [0.3, 0.4) is 0 Å². The Kier molecular flexibility index (Phi) is 6.23. The van der Waals surface area contributed by atoms with E-state index in [1.807, 2.05) is 6.07 Å². The normalized spacial score (nSPS) is 19.1. The van der Waals surface area contributed by atoms with Crippen LogP contribution in [0, 0.1) is 11.8 Å². The molecule has 2 rings (SSSR count). The van der Waals surface area contributed by atoms with Gasteiger partial charge in [-0.25, -0.2) is 8.42 Å². The van der Waals surface area contributed by atoms with Crippen LogP contribution in [0.2, 0.25) is 0 Å². The van der Waals surface area contributed by atoms with Gasteiger partial charge < -0.3 is 9.47 Å². The summed E-state index contributed by atoms with van der Waals surface area (Å²) in [5.41, 5.74) is 0. The summed E-state index contributed by atoms with van der Waals surface area (Å²) >= 11 is 0. The molecule has 1 saturated heterocycles. The maximum atomic E-state index is 12.4. The Labute approximate surface area is 140 Å². The van der Waals surface area contributed by atoms with Crippen LogP contribution in [0.4, 0.5) is 0 Å². The average molecular weight is 340 g/mol. The molecule has 23 heavy (non-hydrogen) atoms. The van der Waals surface area contributed by atoms with Crippen molar-refractivity contribution in [3.05, 3.63) is 30.3 Å². The number of sulfone groups is 1. The fourth-order valence-corrected chi connectivity index (χ4v) is 4.69. The van der Waals surface area contributed by atoms with Gasteiger partial charge in [0.25, 0.3) is 0 Å². The van der Waals surface area contributed by atoms with E-state index in [9.17, 15) is 8.42 Å². The van der Waals surface area contributed by atoms with Crippen molar-refractivity contribution in [2.24, 2.45) is 11.8 Å². The molecule has 0 bridgehead atoms. The molecular weight excluding hydrogens is 312 g/mol. The number of rotatable bonds is 8. The molecule has 0 aromatic heterocycles. The zero-order chi connectivity index (χ0) is 16.9. The van der Waals surface area contributed by atoms with Gasteiger partial charge in [-0.05, 0) is 30.4 Å². The second-order valence-electron chi connectivity index (χ2n) is 6.94. The van der Waals surface area contributed by atoms with Gasteiger partial charge in [0.2, 0.25) is 0 Å². The Morgan fingerprint density at radius 1 is 1.04 bits per heavy atom. The first-order valence-electron chi connectivity index (χ1n) is 8.39. The Morgan fingerprint density at radius 3 is 2.22 bits per heavy atom. The first-order chi connectivity index (χ1) is 10.8. The third-order valence-electron chi connectivity index (χ3n) is 4.17. The van der Waals surface area contributed by atoms with Gasteiger partial charge in [-0.15, -0.1) is 0 Å². The first-order valence-corrected chi connectivity index (χ1v) is 10.0. The molecule has 0 unspecified atom stereocenters. The molecular formula is C18H28O4S. The molecule has 1 aromatic carbocycles. The van der Waals surface area contributed by atoms with Gasteiger partial charge >= 0.3 is 0 Å². The molecule has 4 nitrogen and oxygen atoms in total. The van der Waals surface area contributed by atoms with E-state index in [1.54, 1.807) is 24.3 Å². The summed E-state index contributed by atoms with van der Waals surface area (Å²) in [5.74, 6) is 0.346. The van der Waals surface area contributed by atoms with Crippen LogP contribution in [-0.2, 0) is 19.3 Å².